The smallest absolute Gasteiger partial charge is 0.288 e. The predicted octanol–water partition coefficient (Wildman–Crippen LogP) is 2.54. The quantitative estimate of drug-likeness (QED) is 0.761. The SMILES string of the molecule is Cc1ccccc1-c1nn(-c2ccccc2)c(=O)[nH]1. The maximum atomic E-state index is 12.0. The lowest BCUT2D eigenvalue weighted by molar-refractivity contribution is 0.845. The van der Waals surface area contributed by atoms with Crippen LogP contribution >= 0.6 is 0 Å². The third-order valence-corrected chi connectivity index (χ3v) is 3.02. The van der Waals surface area contributed by atoms with Gasteiger partial charge in [-0.1, -0.05) is 42.5 Å². The second-order valence-corrected chi connectivity index (χ2v) is 4.34. The van der Waals surface area contributed by atoms with Crippen molar-refractivity contribution in [3.63, 3.8) is 0 Å². The van der Waals surface area contributed by atoms with E-state index in [9.17, 15) is 4.79 Å². The first kappa shape index (κ1) is 11.5. The standard InChI is InChI=1S/C15H13N3O/c1-11-7-5-6-10-13(11)14-16-15(19)18(17-14)12-8-3-2-4-9-12/h2-10H,1H3,(H,16,17,19). The zero-order valence-corrected chi connectivity index (χ0v) is 10.5. The molecule has 0 saturated carbocycles. The lowest BCUT2D eigenvalue weighted by Crippen LogP contribution is -2.15. The van der Waals surface area contributed by atoms with E-state index < -0.39 is 0 Å². The molecule has 0 unspecified atom stereocenters. The van der Waals surface area contributed by atoms with E-state index in [1.807, 2.05) is 61.5 Å². The van der Waals surface area contributed by atoms with Crippen molar-refractivity contribution < 1.29 is 0 Å². The summed E-state index contributed by atoms with van der Waals surface area (Å²) in [5, 5.41) is 4.36. The van der Waals surface area contributed by atoms with Gasteiger partial charge in [-0.3, -0.25) is 4.98 Å². The van der Waals surface area contributed by atoms with Crippen LogP contribution in [0.5, 0.6) is 0 Å². The number of para-hydroxylation sites is 1. The Morgan fingerprint density at radius 2 is 1.68 bits per heavy atom. The number of benzene rings is 2. The van der Waals surface area contributed by atoms with E-state index >= 15 is 0 Å². The molecule has 2 aromatic carbocycles. The highest BCUT2D eigenvalue weighted by molar-refractivity contribution is 5.59. The van der Waals surface area contributed by atoms with E-state index in [1.165, 1.54) is 4.68 Å². The van der Waals surface area contributed by atoms with Crippen molar-refractivity contribution in [1.29, 1.82) is 0 Å². The van der Waals surface area contributed by atoms with Crippen LogP contribution in [0, 0.1) is 6.92 Å². The zero-order chi connectivity index (χ0) is 13.2. The molecule has 4 nitrogen and oxygen atoms in total. The molecule has 0 atom stereocenters. The van der Waals surface area contributed by atoms with Gasteiger partial charge in [-0.2, -0.15) is 4.68 Å². The van der Waals surface area contributed by atoms with Crippen molar-refractivity contribution >= 4 is 0 Å². The van der Waals surface area contributed by atoms with Crippen LogP contribution in [0.2, 0.25) is 0 Å². The average molecular weight is 251 g/mol. The molecule has 0 aliphatic heterocycles. The maximum absolute atomic E-state index is 12.0. The number of hydrogen-bond donors (Lipinski definition) is 1. The summed E-state index contributed by atoms with van der Waals surface area (Å²) in [6.07, 6.45) is 0. The minimum absolute atomic E-state index is 0.232. The average Bonchev–Trinajstić information content (AvgIpc) is 2.82. The Bertz CT molecular complexity index is 756. The van der Waals surface area contributed by atoms with Crippen LogP contribution in [0.4, 0.5) is 0 Å². The van der Waals surface area contributed by atoms with Crippen LogP contribution in [-0.2, 0) is 0 Å². The fourth-order valence-corrected chi connectivity index (χ4v) is 2.03. The molecule has 1 heterocycles. The summed E-state index contributed by atoms with van der Waals surface area (Å²) >= 11 is 0. The summed E-state index contributed by atoms with van der Waals surface area (Å²) in [5.41, 5.74) is 2.54. The van der Waals surface area contributed by atoms with Gasteiger partial charge in [-0.05, 0) is 24.6 Å². The molecule has 0 spiro atoms. The van der Waals surface area contributed by atoms with Gasteiger partial charge in [0.2, 0.25) is 0 Å². The first-order chi connectivity index (χ1) is 9.25. The van der Waals surface area contributed by atoms with Gasteiger partial charge in [0.1, 0.15) is 0 Å². The van der Waals surface area contributed by atoms with Gasteiger partial charge in [0, 0.05) is 5.56 Å². The highest BCUT2D eigenvalue weighted by Gasteiger charge is 2.09. The number of H-pyrrole nitrogens is 1. The summed E-state index contributed by atoms with van der Waals surface area (Å²) in [4.78, 5) is 14.8. The summed E-state index contributed by atoms with van der Waals surface area (Å²) in [6.45, 7) is 2.00. The molecule has 0 aliphatic carbocycles. The van der Waals surface area contributed by atoms with Gasteiger partial charge in [0.15, 0.2) is 5.82 Å². The molecule has 3 aromatic rings. The minimum atomic E-state index is -0.232. The van der Waals surface area contributed by atoms with Crippen molar-refractivity contribution in [2.75, 3.05) is 0 Å². The fraction of sp³-hybridized carbons (Fsp3) is 0.0667. The highest BCUT2D eigenvalue weighted by Crippen LogP contribution is 2.18. The van der Waals surface area contributed by atoms with E-state index in [1.54, 1.807) is 0 Å². The molecule has 0 saturated heterocycles. The van der Waals surface area contributed by atoms with Crippen molar-refractivity contribution in [3.05, 3.63) is 70.6 Å². The monoisotopic (exact) mass is 251 g/mol. The Kier molecular flexibility index (Phi) is 2.76. The van der Waals surface area contributed by atoms with E-state index in [4.69, 9.17) is 0 Å². The third-order valence-electron chi connectivity index (χ3n) is 3.02. The van der Waals surface area contributed by atoms with Crippen LogP contribution < -0.4 is 5.69 Å². The van der Waals surface area contributed by atoms with Crippen molar-refractivity contribution in [3.8, 4) is 17.1 Å². The van der Waals surface area contributed by atoms with Crippen LogP contribution in [0.3, 0.4) is 0 Å². The van der Waals surface area contributed by atoms with Gasteiger partial charge in [0.25, 0.3) is 0 Å². The van der Waals surface area contributed by atoms with Gasteiger partial charge in [-0.25, -0.2) is 4.79 Å². The van der Waals surface area contributed by atoms with Gasteiger partial charge < -0.3 is 0 Å². The zero-order valence-electron chi connectivity index (χ0n) is 10.5. The second kappa shape index (κ2) is 4.57. The summed E-state index contributed by atoms with van der Waals surface area (Å²) < 4.78 is 1.38. The summed E-state index contributed by atoms with van der Waals surface area (Å²) in [5.74, 6) is 0.590. The molecule has 0 amide bonds. The van der Waals surface area contributed by atoms with Gasteiger partial charge >= 0.3 is 5.69 Å². The number of aromatic nitrogens is 3. The Morgan fingerprint density at radius 1 is 1.00 bits per heavy atom. The summed E-state index contributed by atoms with van der Waals surface area (Å²) in [6, 6.07) is 17.2. The van der Waals surface area contributed by atoms with E-state index in [2.05, 4.69) is 10.1 Å². The number of aryl methyl sites for hydroxylation is 1. The first-order valence-electron chi connectivity index (χ1n) is 6.06. The van der Waals surface area contributed by atoms with Crippen LogP contribution in [0.25, 0.3) is 17.1 Å². The normalized spacial score (nSPS) is 10.6. The van der Waals surface area contributed by atoms with E-state index in [0.717, 1.165) is 16.8 Å². The Hall–Kier alpha value is -2.62. The van der Waals surface area contributed by atoms with Crippen LogP contribution in [0.1, 0.15) is 5.56 Å². The Labute approximate surface area is 110 Å². The highest BCUT2D eigenvalue weighted by atomic mass is 16.1. The molecule has 4 heteroatoms. The van der Waals surface area contributed by atoms with Gasteiger partial charge in [-0.15, -0.1) is 5.10 Å². The van der Waals surface area contributed by atoms with E-state index in [-0.39, 0.29) is 5.69 Å². The van der Waals surface area contributed by atoms with Crippen LogP contribution in [0.15, 0.2) is 59.4 Å². The second-order valence-electron chi connectivity index (χ2n) is 4.34. The number of hydrogen-bond acceptors (Lipinski definition) is 2. The fourth-order valence-electron chi connectivity index (χ4n) is 2.03. The Morgan fingerprint density at radius 3 is 2.42 bits per heavy atom. The molecule has 1 aromatic heterocycles. The maximum Gasteiger partial charge on any atom is 0.348 e. The molecule has 0 fully saturated rings. The molecular formula is C15H13N3O. The molecule has 0 radical (unpaired) electrons. The summed E-state index contributed by atoms with van der Waals surface area (Å²) in [7, 11) is 0. The molecule has 0 bridgehead atoms. The number of nitrogens with zero attached hydrogens (tertiary/aromatic N) is 2. The lowest BCUT2D eigenvalue weighted by Gasteiger charge is -2.00. The van der Waals surface area contributed by atoms with Crippen LogP contribution in [-0.4, -0.2) is 14.8 Å². The van der Waals surface area contributed by atoms with Crippen molar-refractivity contribution in [2.24, 2.45) is 0 Å². The largest absolute Gasteiger partial charge is 0.348 e. The number of aromatic amines is 1. The van der Waals surface area contributed by atoms with Gasteiger partial charge in [0.05, 0.1) is 5.69 Å². The molecule has 3 rings (SSSR count). The first-order valence-corrected chi connectivity index (χ1v) is 6.06. The molecule has 94 valence electrons. The minimum Gasteiger partial charge on any atom is -0.288 e. The molecular weight excluding hydrogens is 238 g/mol. The number of rotatable bonds is 2. The topological polar surface area (TPSA) is 50.7 Å². The Balaban J connectivity index is 2.13. The number of nitrogens with one attached hydrogen (secondary N) is 1. The van der Waals surface area contributed by atoms with E-state index in [0.29, 0.717) is 5.82 Å². The molecule has 0 aliphatic rings. The predicted molar refractivity (Wildman–Crippen MR) is 74.4 cm³/mol. The molecule has 1 N–H and O–H groups in total. The molecule has 19 heavy (non-hydrogen) atoms. The third kappa shape index (κ3) is 2.08. The van der Waals surface area contributed by atoms with Crippen molar-refractivity contribution in [1.82, 2.24) is 14.8 Å². The van der Waals surface area contributed by atoms with Crippen molar-refractivity contribution in [2.45, 2.75) is 6.92 Å². The lowest BCUT2D eigenvalue weighted by atomic mass is 10.1.